The second-order valence-electron chi connectivity index (χ2n) is 4.51. The van der Waals surface area contributed by atoms with Gasteiger partial charge in [-0.3, -0.25) is 4.90 Å². The van der Waals surface area contributed by atoms with Gasteiger partial charge in [0.1, 0.15) is 0 Å². The summed E-state index contributed by atoms with van der Waals surface area (Å²) in [6, 6.07) is 4.80. The highest BCUT2D eigenvalue weighted by Gasteiger charge is 2.14. The highest BCUT2D eigenvalue weighted by molar-refractivity contribution is 7.09. The maximum Gasteiger partial charge on any atom is 0.0328 e. The highest BCUT2D eigenvalue weighted by Crippen LogP contribution is 2.15. The number of nitrogens with zero attached hydrogens (tertiary/aromatic N) is 1. The lowest BCUT2D eigenvalue weighted by Crippen LogP contribution is -2.38. The summed E-state index contributed by atoms with van der Waals surface area (Å²) in [5, 5.41) is 2.13. The standard InChI is InChI=1S/C12H22N2S/c1-10(2)7-11(8-13)14(3)9-12-5-4-6-15-12/h4-6,10-11H,7-9,13H2,1-3H3. The van der Waals surface area contributed by atoms with Crippen molar-refractivity contribution in [1.29, 1.82) is 0 Å². The molecule has 1 atom stereocenters. The Morgan fingerprint density at radius 2 is 2.20 bits per heavy atom. The Morgan fingerprint density at radius 1 is 1.47 bits per heavy atom. The normalized spacial score (nSPS) is 13.7. The molecule has 0 spiro atoms. The number of rotatable bonds is 6. The molecule has 1 unspecified atom stereocenters. The van der Waals surface area contributed by atoms with E-state index in [1.165, 1.54) is 11.3 Å². The number of nitrogens with two attached hydrogens (primary N) is 1. The van der Waals surface area contributed by atoms with Crippen LogP contribution in [0, 0.1) is 5.92 Å². The average molecular weight is 226 g/mol. The number of hydrogen-bond acceptors (Lipinski definition) is 3. The molecule has 1 rings (SSSR count). The molecule has 1 heterocycles. The fraction of sp³-hybridized carbons (Fsp3) is 0.667. The summed E-state index contributed by atoms with van der Waals surface area (Å²) in [7, 11) is 2.17. The lowest BCUT2D eigenvalue weighted by molar-refractivity contribution is 0.212. The lowest BCUT2D eigenvalue weighted by Gasteiger charge is -2.27. The molecule has 1 aromatic rings. The maximum atomic E-state index is 5.81. The van der Waals surface area contributed by atoms with Crippen LogP contribution >= 0.6 is 11.3 Å². The Bertz CT molecular complexity index is 257. The molecule has 0 aliphatic heterocycles. The van der Waals surface area contributed by atoms with Crippen LogP contribution in [0.4, 0.5) is 0 Å². The van der Waals surface area contributed by atoms with Crippen molar-refractivity contribution in [3.05, 3.63) is 22.4 Å². The van der Waals surface area contributed by atoms with E-state index in [-0.39, 0.29) is 0 Å². The summed E-state index contributed by atoms with van der Waals surface area (Å²) < 4.78 is 0. The van der Waals surface area contributed by atoms with E-state index in [4.69, 9.17) is 5.73 Å². The monoisotopic (exact) mass is 226 g/mol. The van der Waals surface area contributed by atoms with E-state index in [1.54, 1.807) is 0 Å². The first-order valence-electron chi connectivity index (χ1n) is 5.56. The van der Waals surface area contributed by atoms with Gasteiger partial charge in [-0.15, -0.1) is 11.3 Å². The van der Waals surface area contributed by atoms with E-state index in [1.807, 2.05) is 11.3 Å². The first-order valence-corrected chi connectivity index (χ1v) is 6.44. The van der Waals surface area contributed by atoms with Crippen molar-refractivity contribution in [1.82, 2.24) is 4.90 Å². The van der Waals surface area contributed by atoms with Crippen LogP contribution in [0.3, 0.4) is 0 Å². The Kier molecular flexibility index (Phi) is 5.29. The topological polar surface area (TPSA) is 29.3 Å². The average Bonchev–Trinajstić information content (AvgIpc) is 2.66. The van der Waals surface area contributed by atoms with Gasteiger partial charge >= 0.3 is 0 Å². The van der Waals surface area contributed by atoms with Crippen molar-refractivity contribution in [3.8, 4) is 0 Å². The van der Waals surface area contributed by atoms with E-state index in [2.05, 4.69) is 43.3 Å². The van der Waals surface area contributed by atoms with E-state index in [9.17, 15) is 0 Å². The van der Waals surface area contributed by atoms with Gasteiger partial charge in [0, 0.05) is 24.0 Å². The van der Waals surface area contributed by atoms with E-state index >= 15 is 0 Å². The first-order chi connectivity index (χ1) is 7.13. The van der Waals surface area contributed by atoms with Gasteiger partial charge < -0.3 is 5.73 Å². The molecule has 15 heavy (non-hydrogen) atoms. The summed E-state index contributed by atoms with van der Waals surface area (Å²) in [6.07, 6.45) is 1.18. The van der Waals surface area contributed by atoms with Crippen LogP contribution in [0.1, 0.15) is 25.1 Å². The van der Waals surface area contributed by atoms with Gasteiger partial charge in [0.05, 0.1) is 0 Å². The smallest absolute Gasteiger partial charge is 0.0328 e. The van der Waals surface area contributed by atoms with Gasteiger partial charge in [0.15, 0.2) is 0 Å². The van der Waals surface area contributed by atoms with Crippen LogP contribution in [-0.4, -0.2) is 24.5 Å². The molecule has 0 saturated heterocycles. The molecule has 0 fully saturated rings. The predicted molar refractivity (Wildman–Crippen MR) is 68.1 cm³/mol. The van der Waals surface area contributed by atoms with Crippen molar-refractivity contribution in [2.24, 2.45) is 11.7 Å². The van der Waals surface area contributed by atoms with Gasteiger partial charge in [-0.2, -0.15) is 0 Å². The minimum absolute atomic E-state index is 0.507. The van der Waals surface area contributed by atoms with Crippen LogP contribution < -0.4 is 5.73 Å². The fourth-order valence-electron chi connectivity index (χ4n) is 1.78. The lowest BCUT2D eigenvalue weighted by atomic mass is 10.0. The first kappa shape index (κ1) is 12.7. The zero-order valence-electron chi connectivity index (χ0n) is 9.94. The molecular formula is C12H22N2S. The molecule has 0 aromatic carbocycles. The third kappa shape index (κ3) is 4.33. The minimum atomic E-state index is 0.507. The highest BCUT2D eigenvalue weighted by atomic mass is 32.1. The molecule has 2 nitrogen and oxygen atoms in total. The Balaban J connectivity index is 2.46. The van der Waals surface area contributed by atoms with Crippen molar-refractivity contribution in [2.75, 3.05) is 13.6 Å². The zero-order chi connectivity index (χ0) is 11.3. The van der Waals surface area contributed by atoms with Crippen LogP contribution in [0.15, 0.2) is 17.5 Å². The van der Waals surface area contributed by atoms with Crippen LogP contribution in [-0.2, 0) is 6.54 Å². The number of thiophene rings is 1. The molecule has 0 aliphatic carbocycles. The van der Waals surface area contributed by atoms with Crippen LogP contribution in [0.5, 0.6) is 0 Å². The third-order valence-electron chi connectivity index (χ3n) is 2.62. The number of likely N-dealkylation sites (N-methyl/N-ethyl adjacent to an activating group) is 1. The molecule has 2 N–H and O–H groups in total. The fourth-order valence-corrected chi connectivity index (χ4v) is 2.54. The largest absolute Gasteiger partial charge is 0.329 e. The van der Waals surface area contributed by atoms with Crippen LogP contribution in [0.25, 0.3) is 0 Å². The molecule has 1 aromatic heterocycles. The van der Waals surface area contributed by atoms with E-state index in [0.29, 0.717) is 12.0 Å². The SMILES string of the molecule is CC(C)CC(CN)N(C)Cc1cccs1. The summed E-state index contributed by atoms with van der Waals surface area (Å²) in [4.78, 5) is 3.78. The van der Waals surface area contributed by atoms with Gasteiger partial charge in [-0.25, -0.2) is 0 Å². The summed E-state index contributed by atoms with van der Waals surface area (Å²) in [5.41, 5.74) is 5.81. The van der Waals surface area contributed by atoms with Crippen molar-refractivity contribution >= 4 is 11.3 Å². The summed E-state index contributed by atoms with van der Waals surface area (Å²) in [5.74, 6) is 0.712. The summed E-state index contributed by atoms with van der Waals surface area (Å²) >= 11 is 1.82. The predicted octanol–water partition coefficient (Wildman–Crippen LogP) is 2.55. The van der Waals surface area contributed by atoms with Gasteiger partial charge in [0.2, 0.25) is 0 Å². The van der Waals surface area contributed by atoms with Crippen molar-refractivity contribution < 1.29 is 0 Å². The van der Waals surface area contributed by atoms with E-state index < -0.39 is 0 Å². The molecule has 0 bridgehead atoms. The second kappa shape index (κ2) is 6.26. The molecule has 86 valence electrons. The van der Waals surface area contributed by atoms with Crippen molar-refractivity contribution in [3.63, 3.8) is 0 Å². The van der Waals surface area contributed by atoms with Gasteiger partial charge in [-0.05, 0) is 30.8 Å². The van der Waals surface area contributed by atoms with Crippen LogP contribution in [0.2, 0.25) is 0 Å². The van der Waals surface area contributed by atoms with E-state index in [0.717, 1.165) is 13.1 Å². The molecule has 0 saturated carbocycles. The molecule has 0 aliphatic rings. The molecule has 3 heteroatoms. The Labute approximate surface area is 97.1 Å². The molecule has 0 radical (unpaired) electrons. The minimum Gasteiger partial charge on any atom is -0.329 e. The number of hydrogen-bond donors (Lipinski definition) is 1. The third-order valence-corrected chi connectivity index (χ3v) is 3.49. The molecular weight excluding hydrogens is 204 g/mol. The molecule has 0 amide bonds. The van der Waals surface area contributed by atoms with Crippen molar-refractivity contribution in [2.45, 2.75) is 32.9 Å². The Hall–Kier alpha value is -0.380. The summed E-state index contributed by atoms with van der Waals surface area (Å²) in [6.45, 7) is 6.27. The quantitative estimate of drug-likeness (QED) is 0.808. The van der Waals surface area contributed by atoms with Gasteiger partial charge in [-0.1, -0.05) is 19.9 Å². The Morgan fingerprint density at radius 3 is 2.67 bits per heavy atom. The van der Waals surface area contributed by atoms with Gasteiger partial charge in [0.25, 0.3) is 0 Å². The second-order valence-corrected chi connectivity index (χ2v) is 5.55. The maximum absolute atomic E-state index is 5.81. The zero-order valence-corrected chi connectivity index (χ0v) is 10.8.